The monoisotopic (exact) mass is 338 g/mol. The number of aromatic nitrogens is 2. The molecule has 136 valence electrons. The molecule has 1 N–H and O–H groups in total. The molecule has 0 unspecified atom stereocenters. The Bertz CT molecular complexity index is 667. The molecular weight excluding hydrogens is 308 g/mol. The van der Waals surface area contributed by atoms with E-state index in [1.54, 1.807) is 13.1 Å². The van der Waals surface area contributed by atoms with Crippen LogP contribution in [0.2, 0.25) is 0 Å². The highest BCUT2D eigenvalue weighted by atomic mass is 16.6. The average molecular weight is 338 g/mol. The van der Waals surface area contributed by atoms with Gasteiger partial charge >= 0.3 is 5.69 Å². The van der Waals surface area contributed by atoms with E-state index in [0.717, 1.165) is 6.42 Å². The number of hydrogen-bond donors (Lipinski definition) is 1. The molecule has 0 aliphatic carbocycles. The SMILES string of the molecule is Cc1cn([C@H]2C[C@@H](OC(C)(C)C)[C@@H](CC(C)(C)C)O2)c(=O)[nH]c1=O. The highest BCUT2D eigenvalue weighted by Gasteiger charge is 2.41. The summed E-state index contributed by atoms with van der Waals surface area (Å²) in [7, 11) is 0. The smallest absolute Gasteiger partial charge is 0.330 e. The molecule has 0 bridgehead atoms. The Balaban J connectivity index is 2.29. The van der Waals surface area contributed by atoms with Crippen LogP contribution < -0.4 is 11.2 Å². The Kier molecular flexibility index (Phi) is 5.11. The lowest BCUT2D eigenvalue weighted by Crippen LogP contribution is -2.35. The Labute approximate surface area is 143 Å². The van der Waals surface area contributed by atoms with Crippen molar-refractivity contribution in [1.82, 2.24) is 9.55 Å². The van der Waals surface area contributed by atoms with E-state index < -0.39 is 11.9 Å². The second-order valence-electron chi connectivity index (χ2n) is 8.88. The molecule has 1 fully saturated rings. The predicted molar refractivity (Wildman–Crippen MR) is 93.3 cm³/mol. The second-order valence-corrected chi connectivity index (χ2v) is 8.88. The standard InChI is InChI=1S/C18H30N2O4/c1-11-10-20(16(22)19-15(11)21)14-8-12(24-18(5,6)7)13(23-14)9-17(2,3)4/h10,12-14H,8-9H2,1-7H3,(H,19,21,22)/t12-,13-,14-/m1/s1. The largest absolute Gasteiger partial charge is 0.370 e. The molecule has 1 saturated heterocycles. The van der Waals surface area contributed by atoms with E-state index in [0.29, 0.717) is 12.0 Å². The fraction of sp³-hybridized carbons (Fsp3) is 0.778. The fourth-order valence-electron chi connectivity index (χ4n) is 3.04. The van der Waals surface area contributed by atoms with Gasteiger partial charge in [0.2, 0.25) is 0 Å². The quantitative estimate of drug-likeness (QED) is 0.920. The van der Waals surface area contributed by atoms with E-state index in [4.69, 9.17) is 9.47 Å². The Morgan fingerprint density at radius 1 is 1.25 bits per heavy atom. The topological polar surface area (TPSA) is 73.3 Å². The van der Waals surface area contributed by atoms with Crippen molar-refractivity contribution in [3.8, 4) is 0 Å². The van der Waals surface area contributed by atoms with Crippen molar-refractivity contribution in [1.29, 1.82) is 0 Å². The molecule has 3 atom stereocenters. The maximum Gasteiger partial charge on any atom is 0.330 e. The summed E-state index contributed by atoms with van der Waals surface area (Å²) in [5.74, 6) is 0. The molecule has 0 amide bonds. The molecule has 1 aromatic heterocycles. The summed E-state index contributed by atoms with van der Waals surface area (Å²) >= 11 is 0. The molecule has 0 spiro atoms. The van der Waals surface area contributed by atoms with Gasteiger partial charge in [0.05, 0.1) is 17.8 Å². The first-order valence-electron chi connectivity index (χ1n) is 8.51. The third-order valence-corrected chi connectivity index (χ3v) is 3.96. The van der Waals surface area contributed by atoms with Gasteiger partial charge < -0.3 is 9.47 Å². The number of aryl methyl sites for hydroxylation is 1. The summed E-state index contributed by atoms with van der Waals surface area (Å²) in [6.45, 7) is 14.2. The zero-order valence-electron chi connectivity index (χ0n) is 15.8. The molecule has 2 rings (SSSR count). The fourth-order valence-corrected chi connectivity index (χ4v) is 3.04. The van der Waals surface area contributed by atoms with E-state index in [1.165, 1.54) is 4.57 Å². The number of nitrogens with zero attached hydrogens (tertiary/aromatic N) is 1. The summed E-state index contributed by atoms with van der Waals surface area (Å²) in [6, 6.07) is 0. The molecule has 24 heavy (non-hydrogen) atoms. The van der Waals surface area contributed by atoms with Gasteiger partial charge in [-0.2, -0.15) is 0 Å². The predicted octanol–water partition coefficient (Wildman–Crippen LogP) is 2.75. The molecule has 2 heterocycles. The lowest BCUT2D eigenvalue weighted by atomic mass is 9.87. The van der Waals surface area contributed by atoms with E-state index in [-0.39, 0.29) is 28.8 Å². The molecule has 6 heteroatoms. The Morgan fingerprint density at radius 3 is 2.42 bits per heavy atom. The van der Waals surface area contributed by atoms with Crippen molar-refractivity contribution in [3.63, 3.8) is 0 Å². The molecule has 1 aliphatic heterocycles. The van der Waals surface area contributed by atoms with Gasteiger partial charge in [-0.15, -0.1) is 0 Å². The van der Waals surface area contributed by atoms with Gasteiger partial charge in [0, 0.05) is 18.2 Å². The molecular formula is C18H30N2O4. The van der Waals surface area contributed by atoms with Crippen LogP contribution in [0.15, 0.2) is 15.8 Å². The van der Waals surface area contributed by atoms with Crippen molar-refractivity contribution in [2.45, 2.75) is 85.3 Å². The first kappa shape index (κ1) is 18.9. The van der Waals surface area contributed by atoms with Crippen molar-refractivity contribution in [2.75, 3.05) is 0 Å². The molecule has 0 saturated carbocycles. The first-order chi connectivity index (χ1) is 10.9. The van der Waals surface area contributed by atoms with Crippen molar-refractivity contribution in [3.05, 3.63) is 32.6 Å². The molecule has 1 aliphatic rings. The van der Waals surface area contributed by atoms with Gasteiger partial charge in [-0.25, -0.2) is 4.79 Å². The van der Waals surface area contributed by atoms with Crippen LogP contribution in [0.25, 0.3) is 0 Å². The van der Waals surface area contributed by atoms with Crippen molar-refractivity contribution >= 4 is 0 Å². The van der Waals surface area contributed by atoms with E-state index in [2.05, 4.69) is 25.8 Å². The average Bonchev–Trinajstić information content (AvgIpc) is 2.72. The summed E-state index contributed by atoms with van der Waals surface area (Å²) in [6.07, 6.45) is 2.39. The maximum atomic E-state index is 12.1. The second kappa shape index (κ2) is 6.48. The van der Waals surface area contributed by atoms with Gasteiger partial charge in [-0.1, -0.05) is 20.8 Å². The summed E-state index contributed by atoms with van der Waals surface area (Å²) in [4.78, 5) is 26.1. The van der Waals surface area contributed by atoms with E-state index in [9.17, 15) is 9.59 Å². The maximum absolute atomic E-state index is 12.1. The van der Waals surface area contributed by atoms with E-state index >= 15 is 0 Å². The lowest BCUT2D eigenvalue weighted by molar-refractivity contribution is -0.102. The normalized spacial score (nSPS) is 25.2. The molecule has 0 radical (unpaired) electrons. The minimum Gasteiger partial charge on any atom is -0.370 e. The zero-order chi connectivity index (χ0) is 18.3. The summed E-state index contributed by atoms with van der Waals surface area (Å²) < 4.78 is 13.8. The Hall–Kier alpha value is -1.40. The highest BCUT2D eigenvalue weighted by molar-refractivity contribution is 5.02. The molecule has 6 nitrogen and oxygen atoms in total. The minimum absolute atomic E-state index is 0.0882. The lowest BCUT2D eigenvalue weighted by Gasteiger charge is -2.31. The van der Waals surface area contributed by atoms with Crippen LogP contribution in [0, 0.1) is 12.3 Å². The van der Waals surface area contributed by atoms with Gasteiger partial charge in [0.1, 0.15) is 6.23 Å². The van der Waals surface area contributed by atoms with Gasteiger partial charge in [-0.05, 0) is 39.5 Å². The minimum atomic E-state index is -0.443. The first-order valence-corrected chi connectivity index (χ1v) is 8.51. The van der Waals surface area contributed by atoms with E-state index in [1.807, 2.05) is 20.8 Å². The van der Waals surface area contributed by atoms with Crippen LogP contribution in [-0.2, 0) is 9.47 Å². The third-order valence-electron chi connectivity index (χ3n) is 3.96. The number of aromatic amines is 1. The van der Waals surface area contributed by atoms with Crippen LogP contribution >= 0.6 is 0 Å². The van der Waals surface area contributed by atoms with Gasteiger partial charge in [0.15, 0.2) is 0 Å². The van der Waals surface area contributed by atoms with Crippen molar-refractivity contribution < 1.29 is 9.47 Å². The van der Waals surface area contributed by atoms with Crippen LogP contribution in [0.1, 0.15) is 66.2 Å². The zero-order valence-corrected chi connectivity index (χ0v) is 15.8. The highest BCUT2D eigenvalue weighted by Crippen LogP contribution is 2.37. The van der Waals surface area contributed by atoms with Gasteiger partial charge in [-0.3, -0.25) is 14.3 Å². The molecule has 0 aromatic carbocycles. The number of rotatable bonds is 3. The number of H-pyrrole nitrogens is 1. The third kappa shape index (κ3) is 4.80. The summed E-state index contributed by atoms with van der Waals surface area (Å²) in [5, 5.41) is 0. The van der Waals surface area contributed by atoms with Gasteiger partial charge in [0.25, 0.3) is 5.56 Å². The Morgan fingerprint density at radius 2 is 1.88 bits per heavy atom. The number of hydrogen-bond acceptors (Lipinski definition) is 4. The van der Waals surface area contributed by atoms with Crippen LogP contribution in [0.4, 0.5) is 0 Å². The number of nitrogens with one attached hydrogen (secondary N) is 1. The summed E-state index contributed by atoms with van der Waals surface area (Å²) in [5.41, 5.74) is -0.508. The van der Waals surface area contributed by atoms with Crippen LogP contribution in [-0.4, -0.2) is 27.4 Å². The van der Waals surface area contributed by atoms with Crippen molar-refractivity contribution in [2.24, 2.45) is 5.41 Å². The van der Waals surface area contributed by atoms with Crippen LogP contribution in [0.5, 0.6) is 0 Å². The van der Waals surface area contributed by atoms with Crippen LogP contribution in [0.3, 0.4) is 0 Å². The molecule has 1 aromatic rings. The number of ether oxygens (including phenoxy) is 2.